The highest BCUT2D eigenvalue weighted by Gasteiger charge is 2.37. The number of alkyl halides is 3. The Bertz CT molecular complexity index is 802. The van der Waals surface area contributed by atoms with E-state index in [0.717, 1.165) is 7.11 Å². The minimum atomic E-state index is -4.85. The second kappa shape index (κ2) is 10.9. The number of pyridine rings is 1. The molecule has 0 fully saturated rings. The fourth-order valence-electron chi connectivity index (χ4n) is 1.62. The molecule has 0 saturated heterocycles. The number of methoxy groups -OCH3 is 2. The molecule has 0 aliphatic rings. The lowest BCUT2D eigenvalue weighted by atomic mass is 10.2. The van der Waals surface area contributed by atoms with Gasteiger partial charge in [-0.1, -0.05) is 0 Å². The number of amides is 2. The van der Waals surface area contributed by atoms with Crippen LogP contribution in [0.2, 0.25) is 0 Å². The number of rotatable bonds is 3. The van der Waals surface area contributed by atoms with E-state index in [1.165, 1.54) is 20.8 Å². The highest BCUT2D eigenvalue weighted by molar-refractivity contribution is 9.10. The monoisotopic (exact) mass is 514 g/mol. The molecule has 0 saturated carbocycles. The van der Waals surface area contributed by atoms with Gasteiger partial charge in [0.25, 0.3) is 0 Å². The van der Waals surface area contributed by atoms with Crippen LogP contribution in [0, 0.1) is 0 Å². The van der Waals surface area contributed by atoms with E-state index in [9.17, 15) is 27.6 Å². The van der Waals surface area contributed by atoms with Gasteiger partial charge in [-0.3, -0.25) is 4.79 Å². The van der Waals surface area contributed by atoms with E-state index in [-0.39, 0.29) is 16.9 Å². The minimum Gasteiger partial charge on any atom is -0.464 e. The van der Waals surface area contributed by atoms with Crippen molar-refractivity contribution in [2.24, 2.45) is 0 Å². The van der Waals surface area contributed by atoms with Gasteiger partial charge in [0.15, 0.2) is 5.69 Å². The van der Waals surface area contributed by atoms with Crippen molar-refractivity contribution in [3.63, 3.8) is 0 Å². The number of aromatic nitrogens is 1. The van der Waals surface area contributed by atoms with E-state index >= 15 is 0 Å². The zero-order valence-corrected chi connectivity index (χ0v) is 20.1. The Morgan fingerprint density at radius 1 is 1.06 bits per heavy atom. The van der Waals surface area contributed by atoms with Crippen molar-refractivity contribution >= 4 is 40.1 Å². The Labute approximate surface area is 187 Å². The fourth-order valence-corrected chi connectivity index (χ4v) is 2.14. The predicted molar refractivity (Wildman–Crippen MR) is 110 cm³/mol. The van der Waals surface area contributed by atoms with Crippen LogP contribution in [0.3, 0.4) is 0 Å². The fraction of sp³-hybridized carbons (Fsp3) is 0.579. The number of carbonyl (C=O) groups excluding carboxylic acids is 3. The van der Waals surface area contributed by atoms with E-state index in [1.54, 1.807) is 7.11 Å². The van der Waals surface area contributed by atoms with Crippen molar-refractivity contribution in [1.29, 1.82) is 0 Å². The minimum absolute atomic E-state index is 0.0417. The lowest BCUT2D eigenvalue weighted by molar-refractivity contribution is -0.138. The Hall–Kier alpha value is -2.21. The topological polar surface area (TPSA) is 95.0 Å². The maximum atomic E-state index is 13.1. The number of hydrogen-bond donors (Lipinski definition) is 0. The first kappa shape index (κ1) is 28.8. The molecule has 1 aromatic heterocycles. The third-order valence-electron chi connectivity index (χ3n) is 3.21. The van der Waals surface area contributed by atoms with Crippen molar-refractivity contribution in [2.45, 2.75) is 58.9 Å². The molecule has 0 atom stereocenters. The standard InChI is InChI=1S/C14H14BrF3N2O5.C5H12O/c1-13(2,3)25-12(23)20(6-21)8-5-7(14(16,17)18)10(15)19-9(8)11(22)24-4;1-5(2,3)6-4/h5-6H,1-4H3;1-4H3. The van der Waals surface area contributed by atoms with Crippen LogP contribution in [0.4, 0.5) is 23.7 Å². The highest BCUT2D eigenvalue weighted by Crippen LogP contribution is 2.37. The molecule has 0 N–H and O–H groups in total. The molecular weight excluding hydrogens is 489 g/mol. The van der Waals surface area contributed by atoms with Crippen LogP contribution in [0.1, 0.15) is 57.6 Å². The van der Waals surface area contributed by atoms with Crippen LogP contribution in [0.15, 0.2) is 10.7 Å². The summed E-state index contributed by atoms with van der Waals surface area (Å²) < 4.78 is 52.9. The van der Waals surface area contributed by atoms with E-state index < -0.39 is 45.4 Å². The zero-order chi connectivity index (χ0) is 24.8. The Morgan fingerprint density at radius 2 is 1.55 bits per heavy atom. The number of anilines is 1. The van der Waals surface area contributed by atoms with Gasteiger partial charge >= 0.3 is 18.2 Å². The summed E-state index contributed by atoms with van der Waals surface area (Å²) in [6.07, 6.45) is -6.20. The average molecular weight is 515 g/mol. The summed E-state index contributed by atoms with van der Waals surface area (Å²) in [5.41, 5.74) is -3.66. The molecular formula is C19H26BrF3N2O6. The molecule has 0 aliphatic heterocycles. The number of imide groups is 1. The van der Waals surface area contributed by atoms with Crippen LogP contribution in [-0.4, -0.2) is 48.9 Å². The van der Waals surface area contributed by atoms with Gasteiger partial charge in [-0.2, -0.15) is 13.2 Å². The maximum Gasteiger partial charge on any atom is 0.421 e. The van der Waals surface area contributed by atoms with Gasteiger partial charge in [-0.25, -0.2) is 19.5 Å². The molecule has 176 valence electrons. The molecule has 0 bridgehead atoms. The molecule has 2 amide bonds. The summed E-state index contributed by atoms with van der Waals surface area (Å²) in [7, 11) is 2.68. The maximum absolute atomic E-state index is 13.1. The molecule has 31 heavy (non-hydrogen) atoms. The van der Waals surface area contributed by atoms with Gasteiger partial charge in [-0.15, -0.1) is 0 Å². The molecule has 0 unspecified atom stereocenters. The summed E-state index contributed by atoms with van der Waals surface area (Å²) in [6.45, 7) is 10.6. The predicted octanol–water partition coefficient (Wildman–Crippen LogP) is 4.98. The van der Waals surface area contributed by atoms with Crippen LogP contribution in [0.5, 0.6) is 0 Å². The number of nitrogens with zero attached hydrogens (tertiary/aromatic N) is 2. The molecule has 0 aliphatic carbocycles. The van der Waals surface area contributed by atoms with Gasteiger partial charge in [0.2, 0.25) is 6.41 Å². The largest absolute Gasteiger partial charge is 0.464 e. The Kier molecular flexibility index (Phi) is 10.1. The van der Waals surface area contributed by atoms with Gasteiger partial charge in [0.1, 0.15) is 10.2 Å². The van der Waals surface area contributed by atoms with Crippen molar-refractivity contribution in [1.82, 2.24) is 4.98 Å². The Morgan fingerprint density at radius 3 is 1.87 bits per heavy atom. The average Bonchev–Trinajstić information content (AvgIpc) is 2.59. The first-order valence-corrected chi connectivity index (χ1v) is 9.56. The van der Waals surface area contributed by atoms with Gasteiger partial charge in [0.05, 0.1) is 24.0 Å². The van der Waals surface area contributed by atoms with Gasteiger partial charge in [0, 0.05) is 7.11 Å². The zero-order valence-electron chi connectivity index (χ0n) is 18.5. The first-order valence-electron chi connectivity index (χ1n) is 8.76. The molecule has 8 nitrogen and oxygen atoms in total. The number of esters is 1. The van der Waals surface area contributed by atoms with Crippen molar-refractivity contribution in [2.75, 3.05) is 19.1 Å². The highest BCUT2D eigenvalue weighted by atomic mass is 79.9. The summed E-state index contributed by atoms with van der Waals surface area (Å²) in [4.78, 5) is 38.9. The second-order valence-electron chi connectivity index (χ2n) is 7.96. The lowest BCUT2D eigenvalue weighted by Gasteiger charge is -2.25. The van der Waals surface area contributed by atoms with Gasteiger partial charge < -0.3 is 14.2 Å². The SMILES string of the molecule is COC(=O)c1nc(Br)c(C(F)(F)F)cc1N(C=O)C(=O)OC(C)(C)C.COC(C)(C)C. The van der Waals surface area contributed by atoms with Crippen molar-refractivity contribution < 1.29 is 41.8 Å². The molecule has 1 aromatic rings. The molecule has 1 heterocycles. The Balaban J connectivity index is 0.00000131. The quantitative estimate of drug-likeness (QED) is 0.319. The van der Waals surface area contributed by atoms with Gasteiger partial charge in [-0.05, 0) is 63.5 Å². The molecule has 1 rings (SSSR count). The van der Waals surface area contributed by atoms with E-state index in [0.29, 0.717) is 6.07 Å². The lowest BCUT2D eigenvalue weighted by Crippen LogP contribution is -2.37. The second-order valence-corrected chi connectivity index (χ2v) is 8.71. The number of carbonyl (C=O) groups is 3. The summed E-state index contributed by atoms with van der Waals surface area (Å²) in [5, 5.41) is 0. The van der Waals surface area contributed by atoms with Crippen LogP contribution in [-0.2, 0) is 25.2 Å². The molecule has 0 radical (unpaired) electrons. The summed E-state index contributed by atoms with van der Waals surface area (Å²) >= 11 is 2.61. The number of halogens is 4. The van der Waals surface area contributed by atoms with E-state index in [1.807, 2.05) is 20.8 Å². The summed E-state index contributed by atoms with van der Waals surface area (Å²) in [6, 6.07) is 0.432. The number of hydrogen-bond acceptors (Lipinski definition) is 7. The summed E-state index contributed by atoms with van der Waals surface area (Å²) in [5.74, 6) is -1.14. The third-order valence-corrected chi connectivity index (χ3v) is 3.81. The van der Waals surface area contributed by atoms with Crippen LogP contribution < -0.4 is 4.90 Å². The van der Waals surface area contributed by atoms with Crippen molar-refractivity contribution in [3.05, 3.63) is 21.9 Å². The normalized spacial score (nSPS) is 11.7. The molecule has 0 spiro atoms. The third kappa shape index (κ3) is 9.64. The molecule has 12 heteroatoms. The van der Waals surface area contributed by atoms with E-state index in [2.05, 4.69) is 25.7 Å². The molecule has 0 aromatic carbocycles. The van der Waals surface area contributed by atoms with Crippen molar-refractivity contribution in [3.8, 4) is 0 Å². The van der Waals surface area contributed by atoms with E-state index in [4.69, 9.17) is 9.47 Å². The number of ether oxygens (including phenoxy) is 3. The van der Waals surface area contributed by atoms with Crippen LogP contribution in [0.25, 0.3) is 0 Å². The smallest absolute Gasteiger partial charge is 0.421 e. The van der Waals surface area contributed by atoms with Crippen LogP contribution >= 0.6 is 15.9 Å². The first-order chi connectivity index (χ1) is 13.9.